The lowest BCUT2D eigenvalue weighted by Gasteiger charge is -2.30. The number of benzene rings is 2. The van der Waals surface area contributed by atoms with Gasteiger partial charge in [0, 0.05) is 38.3 Å². The molecule has 0 bridgehead atoms. The standard InChI is InChI=1S/C26H30N2O6S/c1-26(24(30)31)13-17(33-2)14-28(26)23(29)16-35-12-11-27-25(32)34-15-22-20-9-5-3-7-18(20)19-8-4-6-10-21(19)22/h3-10,17,22H,11-16H2,1-2H3,(H,27,32)(H,30,31). The highest BCUT2D eigenvalue weighted by atomic mass is 32.2. The molecule has 1 heterocycles. The van der Waals surface area contributed by atoms with Crippen molar-refractivity contribution in [3.8, 4) is 11.1 Å². The molecular weight excluding hydrogens is 468 g/mol. The Balaban J connectivity index is 1.20. The van der Waals surface area contributed by atoms with E-state index in [0.717, 1.165) is 11.1 Å². The van der Waals surface area contributed by atoms with Crippen LogP contribution in [0.5, 0.6) is 0 Å². The summed E-state index contributed by atoms with van der Waals surface area (Å²) in [7, 11) is 1.52. The van der Waals surface area contributed by atoms with Crippen molar-refractivity contribution in [3.63, 3.8) is 0 Å². The number of rotatable bonds is 9. The van der Waals surface area contributed by atoms with E-state index in [1.165, 1.54) is 34.9 Å². The number of methoxy groups -OCH3 is 1. The Bertz CT molecular complexity index is 1060. The molecule has 9 heteroatoms. The number of carboxylic acid groups (broad SMARTS) is 1. The Morgan fingerprint density at radius 3 is 2.34 bits per heavy atom. The minimum atomic E-state index is -1.27. The average Bonchev–Trinajstić information content (AvgIpc) is 3.38. The van der Waals surface area contributed by atoms with Crippen LogP contribution in [0.15, 0.2) is 48.5 Å². The maximum atomic E-state index is 12.6. The number of hydrogen-bond donors (Lipinski definition) is 2. The van der Waals surface area contributed by atoms with Gasteiger partial charge in [0.15, 0.2) is 0 Å². The summed E-state index contributed by atoms with van der Waals surface area (Å²) in [6.45, 7) is 2.40. The molecule has 2 amide bonds. The Morgan fingerprint density at radius 2 is 1.74 bits per heavy atom. The molecule has 186 valence electrons. The molecule has 0 spiro atoms. The first-order chi connectivity index (χ1) is 16.8. The van der Waals surface area contributed by atoms with Crippen molar-refractivity contribution in [3.05, 3.63) is 59.7 Å². The van der Waals surface area contributed by atoms with Gasteiger partial charge < -0.3 is 24.8 Å². The van der Waals surface area contributed by atoms with Crippen molar-refractivity contribution in [2.24, 2.45) is 0 Å². The van der Waals surface area contributed by atoms with E-state index in [4.69, 9.17) is 9.47 Å². The Morgan fingerprint density at radius 1 is 1.11 bits per heavy atom. The van der Waals surface area contributed by atoms with Crippen LogP contribution >= 0.6 is 11.8 Å². The molecule has 0 aromatic heterocycles. The van der Waals surface area contributed by atoms with Crippen molar-refractivity contribution < 1.29 is 29.0 Å². The molecule has 0 radical (unpaired) electrons. The van der Waals surface area contributed by atoms with Crippen LogP contribution in [0.1, 0.15) is 30.4 Å². The number of hydrogen-bond acceptors (Lipinski definition) is 6. The highest BCUT2D eigenvalue weighted by Crippen LogP contribution is 2.44. The number of likely N-dealkylation sites (tertiary alicyclic amines) is 1. The second-order valence-corrected chi connectivity index (χ2v) is 10.1. The lowest BCUT2D eigenvalue weighted by atomic mass is 9.98. The summed E-state index contributed by atoms with van der Waals surface area (Å²) in [5.41, 5.74) is 3.39. The van der Waals surface area contributed by atoms with Gasteiger partial charge in [0.1, 0.15) is 12.1 Å². The lowest BCUT2D eigenvalue weighted by Crippen LogP contribution is -2.51. The number of amides is 2. The Kier molecular flexibility index (Phi) is 7.66. The van der Waals surface area contributed by atoms with Gasteiger partial charge in [-0.2, -0.15) is 11.8 Å². The van der Waals surface area contributed by atoms with E-state index in [1.807, 2.05) is 24.3 Å². The normalized spacial score (nSPS) is 20.9. The summed E-state index contributed by atoms with van der Waals surface area (Å²) in [4.78, 5) is 38.0. The fourth-order valence-corrected chi connectivity index (χ4v) is 5.59. The minimum Gasteiger partial charge on any atom is -0.480 e. The summed E-state index contributed by atoms with van der Waals surface area (Å²) in [5.74, 6) is -0.652. The Hall–Kier alpha value is -3.04. The van der Waals surface area contributed by atoms with Crippen LogP contribution in [0.25, 0.3) is 11.1 Å². The molecule has 1 aliphatic heterocycles. The van der Waals surface area contributed by atoms with Crippen LogP contribution in [-0.2, 0) is 19.1 Å². The molecule has 2 unspecified atom stereocenters. The number of aliphatic carboxylic acids is 1. The van der Waals surface area contributed by atoms with Gasteiger partial charge in [-0.15, -0.1) is 0 Å². The van der Waals surface area contributed by atoms with Crippen LogP contribution in [-0.4, -0.2) is 77.9 Å². The first kappa shape index (κ1) is 25.1. The maximum Gasteiger partial charge on any atom is 0.407 e. The van der Waals surface area contributed by atoms with Gasteiger partial charge in [-0.1, -0.05) is 48.5 Å². The number of thioether (sulfide) groups is 1. The lowest BCUT2D eigenvalue weighted by molar-refractivity contribution is -0.154. The van der Waals surface area contributed by atoms with Gasteiger partial charge >= 0.3 is 12.1 Å². The third-order valence-corrected chi connectivity index (χ3v) is 7.73. The number of alkyl carbamates (subject to hydrolysis) is 1. The van der Waals surface area contributed by atoms with Gasteiger partial charge in [0.2, 0.25) is 5.91 Å². The molecule has 2 aliphatic rings. The third-order valence-electron chi connectivity index (χ3n) is 6.79. The second kappa shape index (κ2) is 10.7. The molecular formula is C26H30N2O6S. The van der Waals surface area contributed by atoms with Gasteiger partial charge in [-0.3, -0.25) is 4.79 Å². The molecule has 1 saturated heterocycles. The van der Waals surface area contributed by atoms with Crippen molar-refractivity contribution >= 4 is 29.7 Å². The zero-order valence-electron chi connectivity index (χ0n) is 19.9. The summed E-state index contributed by atoms with van der Waals surface area (Å²) in [6.07, 6.45) is -0.529. The van der Waals surface area contributed by atoms with Crippen LogP contribution in [0.4, 0.5) is 4.79 Å². The number of nitrogens with zero attached hydrogens (tertiary/aromatic N) is 1. The number of carboxylic acids is 1. The zero-order chi connectivity index (χ0) is 25.0. The van der Waals surface area contributed by atoms with Gasteiger partial charge in [0.05, 0.1) is 11.9 Å². The molecule has 1 fully saturated rings. The quantitative estimate of drug-likeness (QED) is 0.511. The van der Waals surface area contributed by atoms with E-state index in [-0.39, 0.29) is 43.3 Å². The van der Waals surface area contributed by atoms with Crippen LogP contribution in [0, 0.1) is 0 Å². The monoisotopic (exact) mass is 498 g/mol. The first-order valence-corrected chi connectivity index (χ1v) is 12.7. The number of carbonyl (C=O) groups excluding carboxylic acids is 2. The summed E-state index contributed by atoms with van der Waals surface area (Å²) < 4.78 is 10.8. The molecule has 2 N–H and O–H groups in total. The van der Waals surface area contributed by atoms with Crippen molar-refractivity contribution in [2.75, 3.05) is 38.3 Å². The fraction of sp³-hybridized carbons (Fsp3) is 0.423. The number of carbonyl (C=O) groups is 3. The largest absolute Gasteiger partial charge is 0.480 e. The predicted molar refractivity (Wildman–Crippen MR) is 134 cm³/mol. The molecule has 35 heavy (non-hydrogen) atoms. The minimum absolute atomic E-state index is 0.0000738. The van der Waals surface area contributed by atoms with Crippen molar-refractivity contribution in [1.82, 2.24) is 10.2 Å². The van der Waals surface area contributed by atoms with E-state index < -0.39 is 17.6 Å². The number of nitrogens with one attached hydrogen (secondary N) is 1. The van der Waals surface area contributed by atoms with E-state index in [0.29, 0.717) is 12.3 Å². The smallest absolute Gasteiger partial charge is 0.407 e. The molecule has 2 aromatic carbocycles. The first-order valence-electron chi connectivity index (χ1n) is 11.6. The second-order valence-electron chi connectivity index (χ2n) is 8.95. The molecule has 8 nitrogen and oxygen atoms in total. The molecule has 0 saturated carbocycles. The van der Waals surface area contributed by atoms with Gasteiger partial charge in [0.25, 0.3) is 0 Å². The molecule has 2 atom stereocenters. The summed E-state index contributed by atoms with van der Waals surface area (Å²) >= 11 is 1.34. The van der Waals surface area contributed by atoms with E-state index in [9.17, 15) is 19.5 Å². The fourth-order valence-electron chi connectivity index (χ4n) is 4.87. The van der Waals surface area contributed by atoms with Gasteiger partial charge in [-0.25, -0.2) is 9.59 Å². The average molecular weight is 499 g/mol. The number of ether oxygens (including phenoxy) is 2. The van der Waals surface area contributed by atoms with E-state index in [1.54, 1.807) is 6.92 Å². The van der Waals surface area contributed by atoms with Crippen molar-refractivity contribution in [1.29, 1.82) is 0 Å². The van der Waals surface area contributed by atoms with Crippen LogP contribution in [0.2, 0.25) is 0 Å². The molecule has 1 aliphatic carbocycles. The van der Waals surface area contributed by atoms with Crippen molar-refractivity contribution in [2.45, 2.75) is 30.9 Å². The molecule has 2 aromatic rings. The Labute approximate surface area is 209 Å². The maximum absolute atomic E-state index is 12.6. The summed E-state index contributed by atoms with van der Waals surface area (Å²) in [5, 5.41) is 12.3. The zero-order valence-corrected chi connectivity index (χ0v) is 20.7. The summed E-state index contributed by atoms with van der Waals surface area (Å²) in [6, 6.07) is 16.3. The van der Waals surface area contributed by atoms with E-state index >= 15 is 0 Å². The van der Waals surface area contributed by atoms with E-state index in [2.05, 4.69) is 29.6 Å². The molecule has 4 rings (SSSR count). The third kappa shape index (κ3) is 5.16. The highest BCUT2D eigenvalue weighted by Gasteiger charge is 2.50. The SMILES string of the molecule is COC1CN(C(=O)CSCCNC(=O)OCC2c3ccccc3-c3ccccc32)C(C)(C(=O)O)C1. The van der Waals surface area contributed by atoms with Crippen LogP contribution < -0.4 is 5.32 Å². The predicted octanol–water partition coefficient (Wildman–Crippen LogP) is 3.35. The highest BCUT2D eigenvalue weighted by molar-refractivity contribution is 7.99. The van der Waals surface area contributed by atoms with Gasteiger partial charge in [-0.05, 0) is 29.2 Å². The van der Waals surface area contributed by atoms with Crippen LogP contribution in [0.3, 0.4) is 0 Å². The topological polar surface area (TPSA) is 105 Å². The number of fused-ring (bicyclic) bond motifs is 3.